The number of aryl methyl sites for hydroxylation is 1. The Bertz CT molecular complexity index is 1010. The highest BCUT2D eigenvalue weighted by Gasteiger charge is 2.25. The fourth-order valence-corrected chi connectivity index (χ4v) is 4.22. The minimum Gasteiger partial charge on any atom is -0.478 e. The van der Waals surface area contributed by atoms with Gasteiger partial charge in [0.1, 0.15) is 0 Å². The molecule has 0 aliphatic carbocycles. The zero-order valence-corrected chi connectivity index (χ0v) is 16.6. The molecule has 4 rings (SSSR count). The van der Waals surface area contributed by atoms with Crippen LogP contribution in [0.4, 0.5) is 0 Å². The number of carboxylic acid groups (broad SMARTS) is 1. The molecule has 1 aliphatic heterocycles. The molecule has 0 radical (unpaired) electrons. The van der Waals surface area contributed by atoms with E-state index in [1.807, 2.05) is 13.0 Å². The second-order valence-corrected chi connectivity index (χ2v) is 7.55. The summed E-state index contributed by atoms with van der Waals surface area (Å²) in [5.41, 5.74) is 6.52. The topological polar surface area (TPSA) is 54.2 Å². The Balaban J connectivity index is 1.91. The number of aromatic nitrogens is 1. The van der Waals surface area contributed by atoms with Gasteiger partial charge in [-0.05, 0) is 44.0 Å². The molecule has 1 fully saturated rings. The number of carboxylic acids is 1. The molecule has 0 bridgehead atoms. The number of aromatic carboxylic acids is 1. The number of hydrogen-bond acceptors (Lipinski definition) is 3. The van der Waals surface area contributed by atoms with Crippen LogP contribution in [0.3, 0.4) is 0 Å². The second kappa shape index (κ2) is 7.41. The van der Waals surface area contributed by atoms with Gasteiger partial charge < -0.3 is 14.2 Å². The van der Waals surface area contributed by atoms with Crippen LogP contribution in [-0.4, -0.2) is 46.7 Å². The number of pyridine rings is 1. The van der Waals surface area contributed by atoms with Gasteiger partial charge in [0.25, 0.3) is 0 Å². The maximum atomic E-state index is 12.0. The molecular formula is C23H26N2O3. The number of nitrogens with zero attached hydrogens (tertiary/aromatic N) is 2. The highest BCUT2D eigenvalue weighted by Crippen LogP contribution is 2.33. The number of carbonyl (C=O) groups is 1. The third-order valence-electron chi connectivity index (χ3n) is 5.84. The molecule has 146 valence electrons. The predicted octanol–water partition coefficient (Wildman–Crippen LogP) is 4.31. The molecule has 5 nitrogen and oxygen atoms in total. The third kappa shape index (κ3) is 3.21. The van der Waals surface area contributed by atoms with Crippen molar-refractivity contribution >= 4 is 11.5 Å². The number of fused-ring (bicyclic) bond motifs is 1. The van der Waals surface area contributed by atoms with E-state index in [4.69, 9.17) is 4.74 Å². The molecule has 2 aromatic heterocycles. The molecule has 1 N–H and O–H groups in total. The lowest BCUT2D eigenvalue weighted by Gasteiger charge is -2.34. The Hall–Kier alpha value is -2.63. The molecule has 1 aromatic carbocycles. The fraction of sp³-hybridized carbons (Fsp3) is 0.348. The number of benzene rings is 1. The van der Waals surface area contributed by atoms with Gasteiger partial charge in [-0.25, -0.2) is 4.79 Å². The van der Waals surface area contributed by atoms with Crippen LogP contribution in [0.25, 0.3) is 16.6 Å². The van der Waals surface area contributed by atoms with Crippen molar-refractivity contribution in [3.8, 4) is 11.1 Å². The normalized spacial score (nSPS) is 16.4. The smallest absolute Gasteiger partial charge is 0.336 e. The lowest BCUT2D eigenvalue weighted by molar-refractivity contribution is 0.0187. The Morgan fingerprint density at radius 2 is 1.79 bits per heavy atom. The standard InChI is InChI=1S/C23H26N2O3/c1-15-4-6-18(7-5-15)19-8-9-25-21(19)14-20(23(26)27)16(2)22(25)17(3)24-10-12-28-13-11-24/h4-9,14,17H,10-13H2,1-3H3,(H,26,27). The average molecular weight is 378 g/mol. The lowest BCUT2D eigenvalue weighted by Crippen LogP contribution is -2.39. The first-order valence-electron chi connectivity index (χ1n) is 9.74. The molecular weight excluding hydrogens is 352 g/mol. The van der Waals surface area contributed by atoms with Crippen LogP contribution in [0, 0.1) is 13.8 Å². The van der Waals surface area contributed by atoms with E-state index in [2.05, 4.69) is 59.7 Å². The first kappa shape index (κ1) is 18.7. The van der Waals surface area contributed by atoms with Crippen LogP contribution in [0.5, 0.6) is 0 Å². The summed E-state index contributed by atoms with van der Waals surface area (Å²) in [6, 6.07) is 12.4. The van der Waals surface area contributed by atoms with Crippen molar-refractivity contribution in [2.75, 3.05) is 26.3 Å². The van der Waals surface area contributed by atoms with E-state index in [9.17, 15) is 9.90 Å². The average Bonchev–Trinajstić information content (AvgIpc) is 3.11. The van der Waals surface area contributed by atoms with Crippen LogP contribution in [0.15, 0.2) is 42.6 Å². The van der Waals surface area contributed by atoms with Gasteiger partial charge in [0.05, 0.1) is 24.3 Å². The van der Waals surface area contributed by atoms with E-state index in [0.29, 0.717) is 18.8 Å². The Labute approximate surface area is 165 Å². The van der Waals surface area contributed by atoms with Gasteiger partial charge in [-0.1, -0.05) is 29.8 Å². The number of morpholine rings is 1. The van der Waals surface area contributed by atoms with Crippen LogP contribution >= 0.6 is 0 Å². The van der Waals surface area contributed by atoms with E-state index in [-0.39, 0.29) is 6.04 Å². The highest BCUT2D eigenvalue weighted by molar-refractivity contribution is 5.94. The van der Waals surface area contributed by atoms with E-state index < -0.39 is 5.97 Å². The minimum absolute atomic E-state index is 0.101. The summed E-state index contributed by atoms with van der Waals surface area (Å²) < 4.78 is 7.66. The van der Waals surface area contributed by atoms with Crippen LogP contribution in [0.2, 0.25) is 0 Å². The van der Waals surface area contributed by atoms with Crippen LogP contribution < -0.4 is 0 Å². The zero-order chi connectivity index (χ0) is 19.8. The van der Waals surface area contributed by atoms with Gasteiger partial charge in [-0.2, -0.15) is 0 Å². The number of ether oxygens (including phenoxy) is 1. The molecule has 1 atom stereocenters. The zero-order valence-electron chi connectivity index (χ0n) is 16.6. The monoisotopic (exact) mass is 378 g/mol. The largest absolute Gasteiger partial charge is 0.478 e. The molecule has 0 spiro atoms. The maximum absolute atomic E-state index is 12.0. The van der Waals surface area contributed by atoms with Gasteiger partial charge >= 0.3 is 5.97 Å². The maximum Gasteiger partial charge on any atom is 0.336 e. The van der Waals surface area contributed by atoms with Crippen LogP contribution in [-0.2, 0) is 4.74 Å². The van der Waals surface area contributed by atoms with Crippen molar-refractivity contribution in [2.45, 2.75) is 26.8 Å². The summed E-state index contributed by atoms with van der Waals surface area (Å²) in [5, 5.41) is 9.83. The van der Waals surface area contributed by atoms with Gasteiger partial charge in [-0.15, -0.1) is 0 Å². The SMILES string of the molecule is Cc1ccc(-c2ccn3c(C(C)N4CCOCC4)c(C)c(C(=O)O)cc23)cc1. The van der Waals surface area contributed by atoms with E-state index in [1.54, 1.807) is 0 Å². The Kier molecular flexibility index (Phi) is 4.96. The molecule has 1 aliphatic rings. The summed E-state index contributed by atoms with van der Waals surface area (Å²) in [6.45, 7) is 9.27. The quantitative estimate of drug-likeness (QED) is 0.735. The Morgan fingerprint density at radius 1 is 1.11 bits per heavy atom. The summed E-state index contributed by atoms with van der Waals surface area (Å²) in [7, 11) is 0. The van der Waals surface area contributed by atoms with Gasteiger partial charge in [0, 0.05) is 36.6 Å². The van der Waals surface area contributed by atoms with Crippen molar-refractivity contribution in [2.24, 2.45) is 0 Å². The molecule has 0 amide bonds. The summed E-state index contributed by atoms with van der Waals surface area (Å²) in [5.74, 6) is -0.883. The van der Waals surface area contributed by atoms with E-state index >= 15 is 0 Å². The molecule has 1 unspecified atom stereocenters. The predicted molar refractivity (Wildman–Crippen MR) is 110 cm³/mol. The molecule has 3 heterocycles. The van der Waals surface area contributed by atoms with Crippen LogP contribution in [0.1, 0.15) is 40.1 Å². The fourth-order valence-electron chi connectivity index (χ4n) is 4.22. The van der Waals surface area contributed by atoms with Crippen molar-refractivity contribution in [3.63, 3.8) is 0 Å². The lowest BCUT2D eigenvalue weighted by atomic mass is 9.99. The molecule has 28 heavy (non-hydrogen) atoms. The van der Waals surface area contributed by atoms with Crippen molar-refractivity contribution in [1.29, 1.82) is 0 Å². The summed E-state index contributed by atoms with van der Waals surface area (Å²) in [6.07, 6.45) is 2.06. The van der Waals surface area contributed by atoms with E-state index in [0.717, 1.165) is 41.0 Å². The first-order chi connectivity index (χ1) is 13.5. The molecule has 5 heteroatoms. The summed E-state index contributed by atoms with van der Waals surface area (Å²) in [4.78, 5) is 14.4. The molecule has 3 aromatic rings. The van der Waals surface area contributed by atoms with Gasteiger partial charge in [0.2, 0.25) is 0 Å². The summed E-state index contributed by atoms with van der Waals surface area (Å²) >= 11 is 0. The highest BCUT2D eigenvalue weighted by atomic mass is 16.5. The number of rotatable bonds is 4. The molecule has 1 saturated heterocycles. The van der Waals surface area contributed by atoms with Gasteiger partial charge in [-0.3, -0.25) is 4.90 Å². The minimum atomic E-state index is -0.883. The van der Waals surface area contributed by atoms with Crippen molar-refractivity contribution in [1.82, 2.24) is 9.30 Å². The third-order valence-corrected chi connectivity index (χ3v) is 5.84. The van der Waals surface area contributed by atoms with E-state index in [1.165, 1.54) is 5.56 Å². The van der Waals surface area contributed by atoms with Crippen molar-refractivity contribution in [3.05, 3.63) is 65.0 Å². The van der Waals surface area contributed by atoms with Crippen molar-refractivity contribution < 1.29 is 14.6 Å². The Morgan fingerprint density at radius 3 is 2.43 bits per heavy atom. The number of hydrogen-bond donors (Lipinski definition) is 1. The van der Waals surface area contributed by atoms with Gasteiger partial charge in [0.15, 0.2) is 0 Å². The second-order valence-electron chi connectivity index (χ2n) is 7.55. The first-order valence-corrected chi connectivity index (χ1v) is 9.74. The molecule has 0 saturated carbocycles.